The van der Waals surface area contributed by atoms with Crippen LogP contribution in [0.25, 0.3) is 0 Å². The van der Waals surface area contributed by atoms with Crippen LogP contribution < -0.4 is 21.7 Å². The quantitative estimate of drug-likeness (QED) is 0.127. The minimum atomic E-state index is -1.33. The Morgan fingerprint density at radius 2 is 1.78 bits per heavy atom. The summed E-state index contributed by atoms with van der Waals surface area (Å²) in [6, 6.07) is 7.23. The van der Waals surface area contributed by atoms with Crippen molar-refractivity contribution in [2.24, 2.45) is 10.7 Å². The second-order valence-electron chi connectivity index (χ2n) is 8.54. The van der Waals surface area contributed by atoms with Gasteiger partial charge in [-0.15, -0.1) is 0 Å². The van der Waals surface area contributed by atoms with E-state index in [4.69, 9.17) is 19.7 Å². The van der Waals surface area contributed by atoms with Crippen molar-refractivity contribution in [3.63, 3.8) is 0 Å². The largest absolute Gasteiger partial charge is 0.465 e. The molecule has 1 aromatic heterocycles. The van der Waals surface area contributed by atoms with Gasteiger partial charge in [-0.3, -0.25) is 19.7 Å². The Balaban J connectivity index is 0.00000138. The molecule has 0 radical (unpaired) electrons. The molecule has 0 unspecified atom stereocenters. The Kier molecular flexibility index (Phi) is 13.7. The molecule has 1 saturated heterocycles. The molecule has 41 heavy (non-hydrogen) atoms. The maximum atomic E-state index is 12.9. The summed E-state index contributed by atoms with van der Waals surface area (Å²) in [5.74, 6) is -0.514. The van der Waals surface area contributed by atoms with Crippen molar-refractivity contribution in [3.8, 4) is 0 Å². The number of amides is 5. The summed E-state index contributed by atoms with van der Waals surface area (Å²) >= 11 is 1.11. The number of morpholine rings is 1. The predicted octanol–water partition coefficient (Wildman–Crippen LogP) is 1.81. The van der Waals surface area contributed by atoms with Crippen LogP contribution in [0.2, 0.25) is 0 Å². The number of nitrogens with zero attached hydrogens (tertiary/aromatic N) is 3. The zero-order valence-corrected chi connectivity index (χ0v) is 23.2. The number of carboxylic acid groups (broad SMARTS) is 2. The molecular weight excluding hydrogens is 558 g/mol. The number of ether oxygens (including phenoxy) is 1. The normalized spacial score (nSPS) is 12.7. The monoisotopic (exact) mass is 591 g/mol. The molecule has 0 bridgehead atoms. The van der Waals surface area contributed by atoms with Crippen LogP contribution in [0.4, 0.5) is 20.4 Å². The van der Waals surface area contributed by atoms with Crippen molar-refractivity contribution in [1.29, 1.82) is 0 Å². The average molecular weight is 592 g/mol. The van der Waals surface area contributed by atoms with E-state index in [1.54, 1.807) is 17.0 Å². The first-order valence-electron chi connectivity index (χ1n) is 12.6. The number of aliphatic imine (C=N–C) groups is 1. The Bertz CT molecular complexity index is 1220. The molecule has 16 heteroatoms. The van der Waals surface area contributed by atoms with E-state index in [0.717, 1.165) is 23.2 Å². The number of rotatable bonds is 11. The van der Waals surface area contributed by atoms with Gasteiger partial charge < -0.3 is 36.2 Å². The number of aromatic nitrogens is 1. The molecule has 222 valence electrons. The van der Waals surface area contributed by atoms with Gasteiger partial charge in [-0.1, -0.05) is 23.5 Å². The van der Waals surface area contributed by atoms with Gasteiger partial charge in [0.15, 0.2) is 5.13 Å². The number of carbonyl (C=O) groups excluding carboxylic acids is 3. The van der Waals surface area contributed by atoms with Crippen molar-refractivity contribution in [3.05, 3.63) is 40.4 Å². The van der Waals surface area contributed by atoms with Crippen molar-refractivity contribution < 1.29 is 38.9 Å². The van der Waals surface area contributed by atoms with E-state index in [1.165, 1.54) is 6.92 Å². The van der Waals surface area contributed by atoms with Crippen molar-refractivity contribution in [1.82, 2.24) is 20.5 Å². The summed E-state index contributed by atoms with van der Waals surface area (Å²) in [4.78, 5) is 66.5. The van der Waals surface area contributed by atoms with E-state index >= 15 is 0 Å². The van der Waals surface area contributed by atoms with Gasteiger partial charge in [0.2, 0.25) is 11.8 Å². The van der Waals surface area contributed by atoms with Gasteiger partial charge in [-0.25, -0.2) is 19.6 Å². The van der Waals surface area contributed by atoms with E-state index in [-0.39, 0.29) is 17.7 Å². The SMILES string of the molecule is CC(=O)Nc1nc(CCc2ccc(N=CNC(=O)O)cc2)c(C(=O)NCCCC(=O)N2CCOCC2)s1.NC(=O)O. The number of aryl methyl sites for hydroxylation is 2. The average Bonchev–Trinajstić information content (AvgIpc) is 3.32. The maximum Gasteiger partial charge on any atom is 0.409 e. The molecule has 0 aliphatic carbocycles. The van der Waals surface area contributed by atoms with Crippen molar-refractivity contribution >= 4 is 58.4 Å². The van der Waals surface area contributed by atoms with Gasteiger partial charge in [0.05, 0.1) is 30.9 Å². The van der Waals surface area contributed by atoms with Gasteiger partial charge in [0, 0.05) is 33.0 Å². The molecule has 15 nitrogen and oxygen atoms in total. The van der Waals surface area contributed by atoms with E-state index in [0.29, 0.717) is 79.9 Å². The summed E-state index contributed by atoms with van der Waals surface area (Å²) in [5, 5.41) is 23.7. The molecule has 2 aromatic rings. The fourth-order valence-corrected chi connectivity index (χ4v) is 4.54. The topological polar surface area (TPSA) is 226 Å². The number of thiazole rings is 1. The number of primary amides is 1. The van der Waals surface area contributed by atoms with Gasteiger partial charge in [0.1, 0.15) is 4.88 Å². The number of carbonyl (C=O) groups is 5. The third-order valence-corrected chi connectivity index (χ3v) is 6.40. The molecule has 1 aromatic carbocycles. The molecule has 0 spiro atoms. The van der Waals surface area contributed by atoms with Crippen LogP contribution in [-0.2, 0) is 27.2 Å². The zero-order valence-electron chi connectivity index (χ0n) is 22.4. The number of benzene rings is 1. The number of nitrogens with one attached hydrogen (secondary N) is 3. The molecule has 7 N–H and O–H groups in total. The highest BCUT2D eigenvalue weighted by Crippen LogP contribution is 2.25. The van der Waals surface area contributed by atoms with Crippen LogP contribution in [0.5, 0.6) is 0 Å². The Morgan fingerprint density at radius 1 is 1.12 bits per heavy atom. The van der Waals surface area contributed by atoms with Crippen molar-refractivity contribution in [2.45, 2.75) is 32.6 Å². The van der Waals surface area contributed by atoms with Crippen LogP contribution in [0.15, 0.2) is 29.3 Å². The first-order chi connectivity index (χ1) is 19.5. The molecule has 0 atom stereocenters. The molecule has 1 aliphatic heterocycles. The Hall–Kier alpha value is -4.57. The van der Waals surface area contributed by atoms with E-state index in [9.17, 15) is 19.2 Å². The lowest BCUT2D eigenvalue weighted by atomic mass is 10.1. The van der Waals surface area contributed by atoms with Crippen LogP contribution in [0.1, 0.15) is 40.7 Å². The predicted molar refractivity (Wildman–Crippen MR) is 151 cm³/mol. The molecule has 0 saturated carbocycles. The summed E-state index contributed by atoms with van der Waals surface area (Å²) in [6.07, 6.45) is 0.500. The first kappa shape index (κ1) is 32.6. The number of hydrogen-bond acceptors (Lipinski definition) is 9. The lowest BCUT2D eigenvalue weighted by Gasteiger charge is -2.26. The van der Waals surface area contributed by atoms with Crippen molar-refractivity contribution in [2.75, 3.05) is 38.2 Å². The minimum absolute atomic E-state index is 0.0545. The second-order valence-corrected chi connectivity index (χ2v) is 9.54. The van der Waals surface area contributed by atoms with Crippen LogP contribution >= 0.6 is 11.3 Å². The standard InChI is InChI=1S/C24H30N6O6S.CH3NO2/c1-16(31)28-23-29-19(9-6-17-4-7-18(8-5-17)26-15-27-24(34)35)21(37-23)22(33)25-10-2-3-20(32)30-11-13-36-14-12-30;2-1(3)4/h4-5,7-8,15H,2-3,6,9-14H2,1H3,(H,25,33)(H,26,27)(H,34,35)(H,28,29,31);2H2,(H,3,4). The molecule has 1 fully saturated rings. The zero-order chi connectivity index (χ0) is 30.2. The van der Waals surface area contributed by atoms with Gasteiger partial charge in [-0.05, 0) is 37.0 Å². The number of nitrogens with two attached hydrogens (primary N) is 1. The van der Waals surface area contributed by atoms with Gasteiger partial charge in [-0.2, -0.15) is 0 Å². The molecule has 2 heterocycles. The summed E-state index contributed by atoms with van der Waals surface area (Å²) in [6.45, 7) is 4.02. The molecular formula is C25H33N7O8S. The van der Waals surface area contributed by atoms with Gasteiger partial charge >= 0.3 is 12.2 Å². The summed E-state index contributed by atoms with van der Waals surface area (Å²) in [7, 11) is 0. The Morgan fingerprint density at radius 3 is 2.39 bits per heavy atom. The molecule has 3 rings (SSSR count). The molecule has 1 aliphatic rings. The van der Waals surface area contributed by atoms with Crippen LogP contribution in [0.3, 0.4) is 0 Å². The molecule has 5 amide bonds. The highest BCUT2D eigenvalue weighted by molar-refractivity contribution is 7.17. The third-order valence-electron chi connectivity index (χ3n) is 5.39. The fourth-order valence-electron chi connectivity index (χ4n) is 3.57. The van der Waals surface area contributed by atoms with Gasteiger partial charge in [0.25, 0.3) is 5.91 Å². The lowest BCUT2D eigenvalue weighted by molar-refractivity contribution is -0.135. The maximum absolute atomic E-state index is 12.9. The highest BCUT2D eigenvalue weighted by atomic mass is 32.1. The van der Waals surface area contributed by atoms with E-state index in [2.05, 4.69) is 31.7 Å². The third kappa shape index (κ3) is 12.9. The highest BCUT2D eigenvalue weighted by Gasteiger charge is 2.20. The Labute approximate surface area is 239 Å². The van der Waals surface area contributed by atoms with Crippen LogP contribution in [0, 0.1) is 0 Å². The summed E-state index contributed by atoms with van der Waals surface area (Å²) < 4.78 is 5.26. The summed E-state index contributed by atoms with van der Waals surface area (Å²) in [5.41, 5.74) is 6.17. The first-order valence-corrected chi connectivity index (χ1v) is 13.4. The van der Waals surface area contributed by atoms with E-state index < -0.39 is 12.2 Å². The second kappa shape index (κ2) is 17.2. The lowest BCUT2D eigenvalue weighted by Crippen LogP contribution is -2.40. The minimum Gasteiger partial charge on any atom is -0.465 e. The number of hydrogen-bond donors (Lipinski definition) is 6. The number of anilines is 1. The van der Waals surface area contributed by atoms with E-state index in [1.807, 2.05) is 12.1 Å². The smallest absolute Gasteiger partial charge is 0.409 e. The van der Waals surface area contributed by atoms with Crippen LogP contribution in [-0.4, -0.2) is 89.2 Å². The fraction of sp³-hybridized carbons (Fsp3) is 0.400.